The number of benzene rings is 1. The van der Waals surface area contributed by atoms with Gasteiger partial charge in [0.2, 0.25) is 0 Å². The summed E-state index contributed by atoms with van der Waals surface area (Å²) >= 11 is 0. The minimum atomic E-state index is 0.616. The molecular formula is C16H24. The molecule has 0 aliphatic rings. The fourth-order valence-electron chi connectivity index (χ4n) is 1.87. The van der Waals surface area contributed by atoms with Crippen molar-refractivity contribution in [2.24, 2.45) is 11.8 Å². The molecule has 1 unspecified atom stereocenters. The lowest BCUT2D eigenvalue weighted by Gasteiger charge is -2.16. The summed E-state index contributed by atoms with van der Waals surface area (Å²) in [7, 11) is 0. The van der Waals surface area contributed by atoms with Gasteiger partial charge in [-0.15, -0.1) is 0 Å². The summed E-state index contributed by atoms with van der Waals surface area (Å²) in [5, 5.41) is 0. The Kier molecular flexibility index (Phi) is 4.79. The van der Waals surface area contributed by atoms with Gasteiger partial charge in [-0.1, -0.05) is 63.6 Å². The number of allylic oxidation sites excluding steroid dienone is 2. The van der Waals surface area contributed by atoms with E-state index in [0.717, 1.165) is 0 Å². The van der Waals surface area contributed by atoms with E-state index in [4.69, 9.17) is 0 Å². The molecule has 0 aromatic heterocycles. The Morgan fingerprint density at radius 3 is 2.12 bits per heavy atom. The Morgan fingerprint density at radius 2 is 1.69 bits per heavy atom. The molecule has 0 heterocycles. The third-order valence-electron chi connectivity index (χ3n) is 3.04. The van der Waals surface area contributed by atoms with Crippen LogP contribution in [0.25, 0.3) is 5.57 Å². The molecule has 0 N–H and O–H groups in total. The van der Waals surface area contributed by atoms with Gasteiger partial charge in [0.1, 0.15) is 0 Å². The van der Waals surface area contributed by atoms with Gasteiger partial charge < -0.3 is 0 Å². The number of aryl methyl sites for hydroxylation is 1. The van der Waals surface area contributed by atoms with Crippen LogP contribution < -0.4 is 0 Å². The molecule has 0 nitrogen and oxygen atoms in total. The molecule has 88 valence electrons. The molecule has 0 saturated heterocycles. The van der Waals surface area contributed by atoms with Crippen LogP contribution in [0.1, 0.15) is 45.2 Å². The van der Waals surface area contributed by atoms with Gasteiger partial charge in [0.05, 0.1) is 0 Å². The molecule has 1 aromatic rings. The maximum Gasteiger partial charge on any atom is -0.0190 e. The molecule has 0 saturated carbocycles. The molecule has 0 spiro atoms. The maximum absolute atomic E-state index is 2.40. The predicted octanol–water partition coefficient (Wildman–Crippen LogP) is 5.08. The Balaban J connectivity index is 3.06. The van der Waals surface area contributed by atoms with Crippen molar-refractivity contribution >= 4 is 5.57 Å². The molecule has 0 aliphatic carbocycles. The van der Waals surface area contributed by atoms with Gasteiger partial charge >= 0.3 is 0 Å². The summed E-state index contributed by atoms with van der Waals surface area (Å²) in [6.07, 6.45) is 3.60. The van der Waals surface area contributed by atoms with E-state index in [1.54, 1.807) is 0 Å². The summed E-state index contributed by atoms with van der Waals surface area (Å²) in [4.78, 5) is 0. The molecule has 1 aromatic carbocycles. The summed E-state index contributed by atoms with van der Waals surface area (Å²) in [6, 6.07) is 8.89. The van der Waals surface area contributed by atoms with Crippen LogP contribution in [0.3, 0.4) is 0 Å². The highest BCUT2D eigenvalue weighted by atomic mass is 14.1. The van der Waals surface area contributed by atoms with Crippen molar-refractivity contribution in [3.63, 3.8) is 0 Å². The van der Waals surface area contributed by atoms with Crippen LogP contribution in [-0.2, 0) is 0 Å². The third kappa shape index (κ3) is 3.52. The van der Waals surface area contributed by atoms with Crippen molar-refractivity contribution in [3.05, 3.63) is 41.5 Å². The average Bonchev–Trinajstić information content (AvgIpc) is 2.26. The summed E-state index contributed by atoms with van der Waals surface area (Å²) in [6.45, 7) is 11.2. The second-order valence-electron chi connectivity index (χ2n) is 5.04. The van der Waals surface area contributed by atoms with E-state index in [1.165, 1.54) is 23.1 Å². The van der Waals surface area contributed by atoms with E-state index in [1.807, 2.05) is 0 Å². The van der Waals surface area contributed by atoms with Crippen molar-refractivity contribution in [2.45, 2.75) is 41.0 Å². The van der Waals surface area contributed by atoms with Crippen molar-refractivity contribution in [3.8, 4) is 0 Å². The molecule has 0 radical (unpaired) electrons. The summed E-state index contributed by atoms with van der Waals surface area (Å²) in [5.74, 6) is 1.26. The minimum Gasteiger partial charge on any atom is -0.0779 e. The van der Waals surface area contributed by atoms with E-state index < -0.39 is 0 Å². The van der Waals surface area contributed by atoms with E-state index in [0.29, 0.717) is 11.8 Å². The lowest BCUT2D eigenvalue weighted by atomic mass is 9.89. The molecule has 1 atom stereocenters. The highest BCUT2D eigenvalue weighted by Crippen LogP contribution is 2.27. The average molecular weight is 216 g/mol. The summed E-state index contributed by atoms with van der Waals surface area (Å²) in [5.41, 5.74) is 4.21. The van der Waals surface area contributed by atoms with E-state index in [2.05, 4.69) is 65.0 Å². The molecular weight excluding hydrogens is 192 g/mol. The predicted molar refractivity (Wildman–Crippen MR) is 73.4 cm³/mol. The lowest BCUT2D eigenvalue weighted by molar-refractivity contribution is 0.706. The second kappa shape index (κ2) is 5.89. The molecule has 0 fully saturated rings. The zero-order chi connectivity index (χ0) is 12.1. The fourth-order valence-corrected chi connectivity index (χ4v) is 1.87. The topological polar surface area (TPSA) is 0 Å². The van der Waals surface area contributed by atoms with Crippen LogP contribution in [0, 0.1) is 18.8 Å². The van der Waals surface area contributed by atoms with Crippen LogP contribution in [0.2, 0.25) is 0 Å². The highest BCUT2D eigenvalue weighted by molar-refractivity contribution is 5.67. The quantitative estimate of drug-likeness (QED) is 0.658. The third-order valence-corrected chi connectivity index (χ3v) is 3.04. The number of hydrogen-bond acceptors (Lipinski definition) is 0. The molecule has 0 aliphatic heterocycles. The lowest BCUT2D eigenvalue weighted by Crippen LogP contribution is -1.99. The standard InChI is InChI=1S/C16H24/c1-6-14(5)16(11-12(2)3)15-9-7-13(4)8-10-15/h7-12,14H,6H2,1-5H3/b16-11+. The second-order valence-corrected chi connectivity index (χ2v) is 5.04. The highest BCUT2D eigenvalue weighted by Gasteiger charge is 2.09. The van der Waals surface area contributed by atoms with Gasteiger partial charge in [-0.2, -0.15) is 0 Å². The SMILES string of the molecule is CCC(C)/C(=C\C(C)C)c1ccc(C)cc1. The van der Waals surface area contributed by atoms with Gasteiger partial charge in [0.15, 0.2) is 0 Å². The molecule has 0 heteroatoms. The number of hydrogen-bond donors (Lipinski definition) is 0. The van der Waals surface area contributed by atoms with E-state index >= 15 is 0 Å². The first-order chi connectivity index (χ1) is 7.54. The Bertz CT molecular complexity index is 341. The first-order valence-corrected chi connectivity index (χ1v) is 6.33. The first kappa shape index (κ1) is 13.0. The van der Waals surface area contributed by atoms with Crippen molar-refractivity contribution in [1.29, 1.82) is 0 Å². The Morgan fingerprint density at radius 1 is 1.12 bits per heavy atom. The molecule has 16 heavy (non-hydrogen) atoms. The smallest absolute Gasteiger partial charge is 0.0190 e. The van der Waals surface area contributed by atoms with Crippen molar-refractivity contribution < 1.29 is 0 Å². The van der Waals surface area contributed by atoms with Gasteiger partial charge in [-0.25, -0.2) is 0 Å². The summed E-state index contributed by atoms with van der Waals surface area (Å²) < 4.78 is 0. The fraction of sp³-hybridized carbons (Fsp3) is 0.500. The van der Waals surface area contributed by atoms with Crippen LogP contribution in [-0.4, -0.2) is 0 Å². The molecule has 1 rings (SSSR count). The maximum atomic E-state index is 2.40. The van der Waals surface area contributed by atoms with Crippen LogP contribution >= 0.6 is 0 Å². The first-order valence-electron chi connectivity index (χ1n) is 6.33. The van der Waals surface area contributed by atoms with Gasteiger partial charge in [0, 0.05) is 0 Å². The van der Waals surface area contributed by atoms with Gasteiger partial charge in [-0.3, -0.25) is 0 Å². The van der Waals surface area contributed by atoms with Gasteiger partial charge in [0.25, 0.3) is 0 Å². The molecule has 0 amide bonds. The van der Waals surface area contributed by atoms with Crippen LogP contribution in [0.4, 0.5) is 0 Å². The van der Waals surface area contributed by atoms with Crippen LogP contribution in [0.15, 0.2) is 30.3 Å². The molecule has 0 bridgehead atoms. The minimum absolute atomic E-state index is 0.616. The van der Waals surface area contributed by atoms with E-state index in [9.17, 15) is 0 Å². The van der Waals surface area contributed by atoms with Crippen molar-refractivity contribution in [2.75, 3.05) is 0 Å². The zero-order valence-electron chi connectivity index (χ0n) is 11.2. The van der Waals surface area contributed by atoms with E-state index in [-0.39, 0.29) is 0 Å². The van der Waals surface area contributed by atoms with Crippen molar-refractivity contribution in [1.82, 2.24) is 0 Å². The Hall–Kier alpha value is -1.04. The van der Waals surface area contributed by atoms with Gasteiger partial charge in [-0.05, 0) is 36.3 Å². The largest absolute Gasteiger partial charge is 0.0779 e. The number of rotatable bonds is 4. The monoisotopic (exact) mass is 216 g/mol. The normalized spacial score (nSPS) is 14.2. The zero-order valence-corrected chi connectivity index (χ0v) is 11.2. The Labute approximate surface area is 100 Å². The van der Waals surface area contributed by atoms with Crippen LogP contribution in [0.5, 0.6) is 0 Å².